The van der Waals surface area contributed by atoms with E-state index < -0.39 is 4.92 Å². The Morgan fingerprint density at radius 1 is 1.19 bits per heavy atom. The van der Waals surface area contributed by atoms with E-state index in [0.29, 0.717) is 0 Å². The van der Waals surface area contributed by atoms with Crippen LogP contribution in [0.15, 0.2) is 6.33 Å². The van der Waals surface area contributed by atoms with E-state index in [-0.39, 0.29) is 22.9 Å². The molecule has 0 aromatic carbocycles. The van der Waals surface area contributed by atoms with E-state index in [0.717, 1.165) is 37.0 Å². The summed E-state index contributed by atoms with van der Waals surface area (Å²) in [5, 5.41) is 14.6. The topological polar surface area (TPSA) is 107 Å². The van der Waals surface area contributed by atoms with Crippen molar-refractivity contribution in [2.24, 2.45) is 17.8 Å². The van der Waals surface area contributed by atoms with Crippen LogP contribution in [0.3, 0.4) is 0 Å². The zero-order chi connectivity index (χ0) is 14.6. The summed E-state index contributed by atoms with van der Waals surface area (Å²) in [5.74, 6) is 2.52. The van der Waals surface area contributed by atoms with Gasteiger partial charge in [0.05, 0.1) is 4.92 Å². The van der Waals surface area contributed by atoms with Crippen LogP contribution in [-0.4, -0.2) is 20.4 Å². The summed E-state index contributed by atoms with van der Waals surface area (Å²) in [6, 6.07) is 0. The Morgan fingerprint density at radius 2 is 1.76 bits per heavy atom. The van der Waals surface area contributed by atoms with E-state index in [9.17, 15) is 10.1 Å². The van der Waals surface area contributed by atoms with Crippen LogP contribution in [0.25, 0.3) is 0 Å². The molecule has 7 nitrogen and oxygen atoms in total. The molecule has 4 fully saturated rings. The van der Waals surface area contributed by atoms with Crippen molar-refractivity contribution < 1.29 is 4.92 Å². The van der Waals surface area contributed by atoms with Crippen molar-refractivity contribution in [1.29, 1.82) is 0 Å². The zero-order valence-electron chi connectivity index (χ0n) is 11.8. The van der Waals surface area contributed by atoms with E-state index in [1.54, 1.807) is 0 Å². The van der Waals surface area contributed by atoms with Crippen molar-refractivity contribution in [2.45, 2.75) is 44.1 Å². The van der Waals surface area contributed by atoms with Crippen molar-refractivity contribution in [3.8, 4) is 0 Å². The Morgan fingerprint density at radius 3 is 2.29 bits per heavy atom. The molecule has 1 heterocycles. The van der Waals surface area contributed by atoms with Crippen molar-refractivity contribution in [3.63, 3.8) is 0 Å². The number of aromatic nitrogens is 2. The third-order valence-electron chi connectivity index (χ3n) is 5.45. The average molecular weight is 289 g/mol. The molecule has 3 N–H and O–H groups in total. The normalized spacial score (nSPS) is 36.7. The maximum atomic E-state index is 11.2. The lowest BCUT2D eigenvalue weighted by Gasteiger charge is -2.57. The Hall–Kier alpha value is -1.92. The highest BCUT2D eigenvalue weighted by molar-refractivity contribution is 5.68. The smallest absolute Gasteiger partial charge is 0.353 e. The van der Waals surface area contributed by atoms with Gasteiger partial charge in [-0.05, 0) is 56.3 Å². The first-order chi connectivity index (χ1) is 10.0. The summed E-state index contributed by atoms with van der Waals surface area (Å²) in [7, 11) is 0. The third-order valence-corrected chi connectivity index (χ3v) is 5.45. The first-order valence-electron chi connectivity index (χ1n) is 7.58. The van der Waals surface area contributed by atoms with E-state index in [2.05, 4.69) is 15.3 Å². The predicted molar refractivity (Wildman–Crippen MR) is 77.6 cm³/mol. The molecule has 0 aliphatic heterocycles. The second kappa shape index (κ2) is 4.29. The lowest BCUT2D eigenvalue weighted by Crippen LogP contribution is -2.55. The van der Waals surface area contributed by atoms with Crippen molar-refractivity contribution in [3.05, 3.63) is 16.4 Å². The minimum Gasteiger partial charge on any atom is -0.378 e. The number of rotatable bonds is 3. The van der Waals surface area contributed by atoms with Crippen molar-refractivity contribution in [1.82, 2.24) is 9.97 Å². The minimum atomic E-state index is -0.488. The van der Waals surface area contributed by atoms with Crippen LogP contribution in [0.1, 0.15) is 38.5 Å². The largest absolute Gasteiger partial charge is 0.378 e. The first kappa shape index (κ1) is 12.8. The molecule has 4 aliphatic rings. The van der Waals surface area contributed by atoms with Crippen molar-refractivity contribution in [2.75, 3.05) is 11.1 Å². The number of anilines is 2. The quantitative estimate of drug-likeness (QED) is 0.653. The van der Waals surface area contributed by atoms with Gasteiger partial charge in [0.2, 0.25) is 11.6 Å². The summed E-state index contributed by atoms with van der Waals surface area (Å²) in [4.78, 5) is 18.6. The maximum Gasteiger partial charge on any atom is 0.353 e. The molecule has 0 unspecified atom stereocenters. The fraction of sp³-hybridized carbons (Fsp3) is 0.714. The van der Waals surface area contributed by atoms with Gasteiger partial charge in [-0.15, -0.1) is 0 Å². The highest BCUT2D eigenvalue weighted by Crippen LogP contribution is 2.56. The highest BCUT2D eigenvalue weighted by atomic mass is 16.6. The molecular formula is C14H19N5O2. The number of nitrogens with one attached hydrogen (secondary N) is 1. The van der Waals surface area contributed by atoms with E-state index >= 15 is 0 Å². The Labute approximate surface area is 122 Å². The number of nitrogens with two attached hydrogens (primary N) is 1. The fourth-order valence-electron chi connectivity index (χ4n) is 5.18. The van der Waals surface area contributed by atoms with E-state index in [4.69, 9.17) is 5.73 Å². The molecule has 0 radical (unpaired) electrons. The SMILES string of the molecule is Nc1ncnc(NC23CC4CC(CC(C4)C2)C3)c1[N+](=O)[O-]. The Kier molecular flexibility index (Phi) is 2.61. The van der Waals surface area contributed by atoms with Crippen LogP contribution in [0.5, 0.6) is 0 Å². The van der Waals surface area contributed by atoms with Gasteiger partial charge in [0.25, 0.3) is 0 Å². The molecule has 21 heavy (non-hydrogen) atoms. The third kappa shape index (κ3) is 2.02. The van der Waals surface area contributed by atoms with Crippen LogP contribution in [0, 0.1) is 27.9 Å². The maximum absolute atomic E-state index is 11.2. The van der Waals surface area contributed by atoms with Gasteiger partial charge in [0.15, 0.2) is 0 Å². The van der Waals surface area contributed by atoms with Crippen molar-refractivity contribution >= 4 is 17.3 Å². The van der Waals surface area contributed by atoms with Gasteiger partial charge in [-0.2, -0.15) is 0 Å². The molecule has 0 amide bonds. The van der Waals surface area contributed by atoms with E-state index in [1.807, 2.05) is 0 Å². The summed E-state index contributed by atoms with van der Waals surface area (Å²) in [6.45, 7) is 0. The number of nitro groups is 1. The van der Waals surface area contributed by atoms with Gasteiger partial charge < -0.3 is 11.1 Å². The molecule has 4 bridgehead atoms. The van der Waals surface area contributed by atoms with Crippen LogP contribution >= 0.6 is 0 Å². The lowest BCUT2D eigenvalue weighted by atomic mass is 9.53. The lowest BCUT2D eigenvalue weighted by molar-refractivity contribution is -0.383. The molecular weight excluding hydrogens is 270 g/mol. The van der Waals surface area contributed by atoms with Gasteiger partial charge in [-0.25, -0.2) is 9.97 Å². The van der Waals surface area contributed by atoms with Crippen LogP contribution in [0.2, 0.25) is 0 Å². The molecule has 1 aromatic rings. The second-order valence-corrected chi connectivity index (χ2v) is 7.04. The average Bonchev–Trinajstić information content (AvgIpc) is 2.35. The summed E-state index contributed by atoms with van der Waals surface area (Å²) >= 11 is 0. The molecule has 0 spiro atoms. The standard InChI is InChI=1S/C14H19N5O2/c15-12-11(19(20)21)13(17-7-16-12)18-14-4-8-1-9(5-14)3-10(2-8)6-14/h7-10H,1-6H2,(H3,15,16,17,18). The number of nitrogens with zero attached hydrogens (tertiary/aromatic N) is 3. The second-order valence-electron chi connectivity index (χ2n) is 7.04. The molecule has 4 aliphatic carbocycles. The van der Waals surface area contributed by atoms with Gasteiger partial charge in [0.1, 0.15) is 6.33 Å². The molecule has 0 atom stereocenters. The summed E-state index contributed by atoms with van der Waals surface area (Å²) < 4.78 is 0. The van der Waals surface area contributed by atoms with Crippen LogP contribution in [-0.2, 0) is 0 Å². The van der Waals surface area contributed by atoms with Gasteiger partial charge in [0, 0.05) is 5.54 Å². The van der Waals surface area contributed by atoms with Gasteiger partial charge in [-0.1, -0.05) is 0 Å². The number of hydrogen-bond donors (Lipinski definition) is 2. The first-order valence-corrected chi connectivity index (χ1v) is 7.58. The molecule has 1 aromatic heterocycles. The monoisotopic (exact) mass is 289 g/mol. The molecule has 7 heteroatoms. The summed E-state index contributed by atoms with van der Waals surface area (Å²) in [5.41, 5.74) is 5.44. The molecule has 112 valence electrons. The summed E-state index contributed by atoms with van der Waals surface area (Å²) in [6.07, 6.45) is 8.57. The Bertz CT molecular complexity index is 568. The van der Waals surface area contributed by atoms with E-state index in [1.165, 1.54) is 25.6 Å². The minimum absolute atomic E-state index is 0.0275. The van der Waals surface area contributed by atoms with Gasteiger partial charge >= 0.3 is 5.69 Å². The van der Waals surface area contributed by atoms with Crippen LogP contribution < -0.4 is 11.1 Å². The predicted octanol–water partition coefficient (Wildman–Crippen LogP) is 2.35. The number of nitrogen functional groups attached to an aromatic ring is 1. The Balaban J connectivity index is 1.67. The highest BCUT2D eigenvalue weighted by Gasteiger charge is 2.51. The molecule has 4 saturated carbocycles. The molecule has 5 rings (SSSR count). The fourth-order valence-corrected chi connectivity index (χ4v) is 5.18. The van der Waals surface area contributed by atoms with Crippen LogP contribution in [0.4, 0.5) is 17.3 Å². The zero-order valence-corrected chi connectivity index (χ0v) is 11.8. The number of hydrogen-bond acceptors (Lipinski definition) is 6. The molecule has 0 saturated heterocycles. The van der Waals surface area contributed by atoms with Gasteiger partial charge in [-0.3, -0.25) is 10.1 Å².